The number of anilines is 1. The lowest BCUT2D eigenvalue weighted by Gasteiger charge is -2.32. The van der Waals surface area contributed by atoms with Gasteiger partial charge in [0, 0.05) is 12.6 Å². The molecule has 0 saturated carbocycles. The lowest BCUT2D eigenvalue weighted by Crippen LogP contribution is -2.52. The van der Waals surface area contributed by atoms with Crippen LogP contribution in [0.3, 0.4) is 0 Å². The zero-order valence-corrected chi connectivity index (χ0v) is 24.4. The topological polar surface area (TPSA) is 96.0 Å². The van der Waals surface area contributed by atoms with Crippen LogP contribution in [-0.2, 0) is 26.2 Å². The number of halogens is 2. The summed E-state index contributed by atoms with van der Waals surface area (Å²) in [7, 11) is -2.67. The van der Waals surface area contributed by atoms with Crippen LogP contribution in [-0.4, -0.2) is 50.9 Å². The molecule has 3 aromatic rings. The Kier molecular flexibility index (Phi) is 10.2. The van der Waals surface area contributed by atoms with Gasteiger partial charge in [-0.15, -0.1) is 0 Å². The largest absolute Gasteiger partial charge is 0.497 e. The zero-order valence-electron chi connectivity index (χ0n) is 22.1. The fraction of sp³-hybridized carbons (Fsp3) is 0.286. The Labute approximate surface area is 239 Å². The number of hydrogen-bond acceptors (Lipinski definition) is 5. The summed E-state index contributed by atoms with van der Waals surface area (Å²) in [5, 5.41) is 3.19. The molecule has 0 spiro atoms. The molecule has 2 amide bonds. The number of hydrogen-bond donors (Lipinski definition) is 1. The second-order valence-electron chi connectivity index (χ2n) is 9.14. The Morgan fingerprint density at radius 2 is 1.62 bits per heavy atom. The van der Waals surface area contributed by atoms with Gasteiger partial charge in [0.05, 0.1) is 27.7 Å². The van der Waals surface area contributed by atoms with Gasteiger partial charge in [-0.2, -0.15) is 0 Å². The quantitative estimate of drug-likeness (QED) is 0.333. The van der Waals surface area contributed by atoms with E-state index in [2.05, 4.69) is 5.32 Å². The van der Waals surface area contributed by atoms with Crippen LogP contribution in [0.2, 0.25) is 10.0 Å². The molecule has 3 aromatic carbocycles. The molecule has 1 atom stereocenters. The first kappa shape index (κ1) is 30.3. The molecule has 8 nitrogen and oxygen atoms in total. The van der Waals surface area contributed by atoms with Crippen molar-refractivity contribution in [3.05, 3.63) is 88.4 Å². The first-order valence-electron chi connectivity index (χ1n) is 12.2. The number of methoxy groups -OCH3 is 1. The minimum atomic E-state index is -4.20. The van der Waals surface area contributed by atoms with Gasteiger partial charge in [0.15, 0.2) is 0 Å². The van der Waals surface area contributed by atoms with Gasteiger partial charge in [0.1, 0.15) is 18.3 Å². The molecule has 0 saturated heterocycles. The van der Waals surface area contributed by atoms with E-state index in [-0.39, 0.29) is 39.1 Å². The van der Waals surface area contributed by atoms with Crippen molar-refractivity contribution in [1.29, 1.82) is 0 Å². The molecule has 0 aliphatic carbocycles. The van der Waals surface area contributed by atoms with Crippen LogP contribution < -0.4 is 14.4 Å². The Hall–Kier alpha value is -3.27. The Bertz CT molecular complexity index is 1420. The number of carbonyl (C=O) groups is 2. The number of amides is 2. The summed E-state index contributed by atoms with van der Waals surface area (Å²) in [6.07, 6.45) is 0. The van der Waals surface area contributed by atoms with E-state index < -0.39 is 28.5 Å². The highest BCUT2D eigenvalue weighted by atomic mass is 35.5. The number of benzene rings is 3. The fourth-order valence-corrected chi connectivity index (χ4v) is 5.56. The molecule has 0 fully saturated rings. The van der Waals surface area contributed by atoms with E-state index in [1.54, 1.807) is 49.4 Å². The highest BCUT2D eigenvalue weighted by Crippen LogP contribution is 2.31. The lowest BCUT2D eigenvalue weighted by atomic mass is 10.1. The van der Waals surface area contributed by atoms with Crippen molar-refractivity contribution in [2.45, 2.75) is 44.3 Å². The third-order valence-electron chi connectivity index (χ3n) is 5.89. The molecule has 3 rings (SSSR count). The maximum Gasteiger partial charge on any atom is 0.264 e. The summed E-state index contributed by atoms with van der Waals surface area (Å²) in [6, 6.07) is 18.1. The molecular formula is C28H31Cl2N3O5S. The van der Waals surface area contributed by atoms with Crippen LogP contribution >= 0.6 is 23.2 Å². The maximum absolute atomic E-state index is 13.9. The number of nitrogens with zero attached hydrogens (tertiary/aromatic N) is 2. The summed E-state index contributed by atoms with van der Waals surface area (Å²) in [6.45, 7) is 4.70. The number of carbonyl (C=O) groups excluding carboxylic acids is 2. The number of sulfonamides is 1. The average molecular weight is 593 g/mol. The van der Waals surface area contributed by atoms with E-state index in [1.807, 2.05) is 13.8 Å². The molecule has 0 aliphatic heterocycles. The van der Waals surface area contributed by atoms with Gasteiger partial charge in [0.2, 0.25) is 11.8 Å². The minimum absolute atomic E-state index is 0.00572. The van der Waals surface area contributed by atoms with Crippen LogP contribution in [0, 0.1) is 0 Å². The fourth-order valence-electron chi connectivity index (χ4n) is 3.84. The highest BCUT2D eigenvalue weighted by Gasteiger charge is 2.33. The van der Waals surface area contributed by atoms with Gasteiger partial charge in [0.25, 0.3) is 10.0 Å². The second-order valence-corrected chi connectivity index (χ2v) is 11.8. The highest BCUT2D eigenvalue weighted by molar-refractivity contribution is 7.92. The van der Waals surface area contributed by atoms with Gasteiger partial charge in [-0.1, -0.05) is 53.5 Å². The SMILES string of the molecule is COc1cccc(CN(C(=O)CN(c2ccc(Cl)c(Cl)c2)S(=O)(=O)c2ccccc2)[C@@H](C)C(=O)NC(C)C)c1. The van der Waals surface area contributed by atoms with Crippen molar-refractivity contribution in [3.63, 3.8) is 0 Å². The van der Waals surface area contributed by atoms with Gasteiger partial charge in [-0.05, 0) is 68.8 Å². The summed E-state index contributed by atoms with van der Waals surface area (Å²) < 4.78 is 33.8. The summed E-state index contributed by atoms with van der Waals surface area (Å²) >= 11 is 12.3. The maximum atomic E-state index is 13.9. The van der Waals surface area contributed by atoms with Crippen LogP contribution in [0.5, 0.6) is 5.75 Å². The first-order valence-corrected chi connectivity index (χ1v) is 14.4. The first-order chi connectivity index (χ1) is 18.4. The van der Waals surface area contributed by atoms with E-state index in [0.717, 1.165) is 4.31 Å². The Balaban J connectivity index is 2.05. The molecule has 0 aliphatic rings. The summed E-state index contributed by atoms with van der Waals surface area (Å²) in [5.74, 6) is -0.369. The third-order valence-corrected chi connectivity index (χ3v) is 8.41. The number of ether oxygens (including phenoxy) is 1. The molecular weight excluding hydrogens is 561 g/mol. The molecule has 1 N–H and O–H groups in total. The smallest absolute Gasteiger partial charge is 0.264 e. The Morgan fingerprint density at radius 3 is 2.23 bits per heavy atom. The van der Waals surface area contributed by atoms with Crippen molar-refractivity contribution in [2.24, 2.45) is 0 Å². The standard InChI is InChI=1S/C28H31Cl2N3O5S/c1-19(2)31-28(35)20(3)32(17-21-9-8-10-23(15-21)38-4)27(34)18-33(22-13-14-25(29)26(30)16-22)39(36,37)24-11-6-5-7-12-24/h5-16,19-20H,17-18H2,1-4H3,(H,31,35)/t20-/m0/s1. The van der Waals surface area contributed by atoms with Crippen LogP contribution in [0.4, 0.5) is 5.69 Å². The molecule has 0 heterocycles. The van der Waals surface area contributed by atoms with Crippen LogP contribution in [0.25, 0.3) is 0 Å². The number of nitrogens with one attached hydrogen (secondary N) is 1. The van der Waals surface area contributed by atoms with E-state index in [1.165, 1.54) is 42.3 Å². The predicted octanol–water partition coefficient (Wildman–Crippen LogP) is 5.14. The zero-order chi connectivity index (χ0) is 28.7. The molecule has 0 unspecified atom stereocenters. The van der Waals surface area contributed by atoms with Crippen molar-refractivity contribution in [3.8, 4) is 5.75 Å². The predicted molar refractivity (Wildman–Crippen MR) is 154 cm³/mol. The Morgan fingerprint density at radius 1 is 0.923 bits per heavy atom. The van der Waals surface area contributed by atoms with Crippen molar-refractivity contribution >= 4 is 50.7 Å². The van der Waals surface area contributed by atoms with E-state index in [0.29, 0.717) is 11.3 Å². The minimum Gasteiger partial charge on any atom is -0.497 e. The van der Waals surface area contributed by atoms with E-state index in [4.69, 9.17) is 27.9 Å². The van der Waals surface area contributed by atoms with E-state index in [9.17, 15) is 18.0 Å². The second kappa shape index (κ2) is 13.2. The molecule has 11 heteroatoms. The van der Waals surface area contributed by atoms with Gasteiger partial charge in [-0.3, -0.25) is 13.9 Å². The molecule has 39 heavy (non-hydrogen) atoms. The van der Waals surface area contributed by atoms with Crippen LogP contribution in [0.1, 0.15) is 26.3 Å². The average Bonchev–Trinajstić information content (AvgIpc) is 2.91. The van der Waals surface area contributed by atoms with Crippen molar-refractivity contribution in [2.75, 3.05) is 18.0 Å². The van der Waals surface area contributed by atoms with E-state index >= 15 is 0 Å². The summed E-state index contributed by atoms with van der Waals surface area (Å²) in [5.41, 5.74) is 0.862. The molecule has 0 aromatic heterocycles. The molecule has 208 valence electrons. The van der Waals surface area contributed by atoms with Crippen molar-refractivity contribution < 1.29 is 22.7 Å². The third kappa shape index (κ3) is 7.65. The van der Waals surface area contributed by atoms with Crippen molar-refractivity contribution in [1.82, 2.24) is 10.2 Å². The monoisotopic (exact) mass is 591 g/mol. The van der Waals surface area contributed by atoms with Gasteiger partial charge < -0.3 is 15.0 Å². The number of rotatable bonds is 11. The lowest BCUT2D eigenvalue weighted by molar-refractivity contribution is -0.139. The normalized spacial score (nSPS) is 12.1. The van der Waals surface area contributed by atoms with Gasteiger partial charge >= 0.3 is 0 Å². The molecule has 0 radical (unpaired) electrons. The summed E-state index contributed by atoms with van der Waals surface area (Å²) in [4.78, 5) is 28.2. The van der Waals surface area contributed by atoms with Crippen LogP contribution in [0.15, 0.2) is 77.7 Å². The van der Waals surface area contributed by atoms with Gasteiger partial charge in [-0.25, -0.2) is 8.42 Å². The molecule has 0 bridgehead atoms.